The van der Waals surface area contributed by atoms with Crippen LogP contribution in [0.2, 0.25) is 0 Å². The van der Waals surface area contributed by atoms with E-state index in [0.29, 0.717) is 5.92 Å². The average Bonchev–Trinajstić information content (AvgIpc) is 2.20. The second-order valence-electron chi connectivity index (χ2n) is 3.40. The second-order valence-corrected chi connectivity index (χ2v) is 3.40. The molecule has 0 unspecified atom stereocenters. The molecule has 0 aromatic heterocycles. The van der Waals surface area contributed by atoms with E-state index in [2.05, 4.69) is 19.1 Å². The van der Waals surface area contributed by atoms with Crippen molar-refractivity contribution in [1.29, 1.82) is 0 Å². The highest BCUT2D eigenvalue weighted by atomic mass is 16.3. The fraction of sp³-hybridized carbons (Fsp3) is 0.500. The van der Waals surface area contributed by atoms with E-state index in [4.69, 9.17) is 0 Å². The molecule has 1 N–H and O–H groups in total. The molecule has 1 heteroatoms. The van der Waals surface area contributed by atoms with Gasteiger partial charge in [0.05, 0.1) is 6.10 Å². The van der Waals surface area contributed by atoms with Gasteiger partial charge in [0.25, 0.3) is 0 Å². The topological polar surface area (TPSA) is 20.2 Å². The third-order valence-corrected chi connectivity index (χ3v) is 2.55. The fourth-order valence-electron chi connectivity index (χ4n) is 1.71. The molecule has 0 radical (unpaired) electrons. The highest BCUT2D eigenvalue weighted by molar-refractivity contribution is 5.20. The molecule has 0 aliphatic carbocycles. The highest BCUT2D eigenvalue weighted by Gasteiger charge is 2.16. The molecule has 1 rings (SSSR count). The molecule has 0 amide bonds. The van der Waals surface area contributed by atoms with Gasteiger partial charge < -0.3 is 5.11 Å². The molecule has 0 spiro atoms. The lowest BCUT2D eigenvalue weighted by molar-refractivity contribution is 0.136. The second kappa shape index (κ2) is 5.03. The summed E-state index contributed by atoms with van der Waals surface area (Å²) in [5.41, 5.74) is 1.25. The summed E-state index contributed by atoms with van der Waals surface area (Å²) in [4.78, 5) is 0. The maximum absolute atomic E-state index is 9.77. The summed E-state index contributed by atoms with van der Waals surface area (Å²) in [6.07, 6.45) is 1.62. The molecule has 72 valence electrons. The number of hydrogen-bond donors (Lipinski definition) is 1. The van der Waals surface area contributed by atoms with E-state index >= 15 is 0 Å². The highest BCUT2D eigenvalue weighted by Crippen LogP contribution is 2.24. The van der Waals surface area contributed by atoms with Gasteiger partial charge in [0.2, 0.25) is 0 Å². The standard InChI is InChI=1S/C12H18O/c1-3-11(12(13)4-2)10-8-6-5-7-9-10/h5-9,11-13H,3-4H2,1-2H3/t11-,12+/m0/s1. The van der Waals surface area contributed by atoms with Gasteiger partial charge in [-0.05, 0) is 18.4 Å². The van der Waals surface area contributed by atoms with Crippen LogP contribution in [0.1, 0.15) is 38.2 Å². The van der Waals surface area contributed by atoms with Crippen molar-refractivity contribution in [1.82, 2.24) is 0 Å². The largest absolute Gasteiger partial charge is 0.393 e. The minimum Gasteiger partial charge on any atom is -0.393 e. The Hall–Kier alpha value is -0.820. The number of benzene rings is 1. The number of aliphatic hydroxyl groups excluding tert-OH is 1. The fourth-order valence-corrected chi connectivity index (χ4v) is 1.71. The van der Waals surface area contributed by atoms with Crippen LogP contribution in [0.25, 0.3) is 0 Å². The van der Waals surface area contributed by atoms with Crippen molar-refractivity contribution < 1.29 is 5.11 Å². The van der Waals surface area contributed by atoms with E-state index in [0.717, 1.165) is 12.8 Å². The molecular formula is C12H18O. The van der Waals surface area contributed by atoms with Gasteiger partial charge in [-0.1, -0.05) is 44.2 Å². The lowest BCUT2D eigenvalue weighted by atomic mass is 9.90. The van der Waals surface area contributed by atoms with E-state index in [-0.39, 0.29) is 6.10 Å². The van der Waals surface area contributed by atoms with Gasteiger partial charge in [-0.25, -0.2) is 0 Å². The zero-order valence-corrected chi connectivity index (χ0v) is 8.40. The molecule has 2 atom stereocenters. The minimum absolute atomic E-state index is 0.201. The molecule has 1 aromatic carbocycles. The van der Waals surface area contributed by atoms with Crippen LogP contribution >= 0.6 is 0 Å². The molecule has 13 heavy (non-hydrogen) atoms. The van der Waals surface area contributed by atoms with E-state index < -0.39 is 0 Å². The summed E-state index contributed by atoms with van der Waals surface area (Å²) in [6, 6.07) is 10.2. The molecule has 0 fully saturated rings. The third kappa shape index (κ3) is 2.56. The summed E-state index contributed by atoms with van der Waals surface area (Å²) in [7, 11) is 0. The third-order valence-electron chi connectivity index (χ3n) is 2.55. The van der Waals surface area contributed by atoms with Crippen LogP contribution in [0.5, 0.6) is 0 Å². The first-order chi connectivity index (χ1) is 6.29. The maximum atomic E-state index is 9.77. The molecule has 0 aliphatic rings. The molecule has 0 saturated carbocycles. The maximum Gasteiger partial charge on any atom is 0.0606 e. The average molecular weight is 178 g/mol. The van der Waals surface area contributed by atoms with Crippen molar-refractivity contribution in [2.24, 2.45) is 0 Å². The Morgan fingerprint density at radius 3 is 2.15 bits per heavy atom. The summed E-state index contributed by atoms with van der Waals surface area (Å²) < 4.78 is 0. The van der Waals surface area contributed by atoms with Crippen molar-refractivity contribution in [2.45, 2.75) is 38.7 Å². The molecule has 0 aliphatic heterocycles. The van der Waals surface area contributed by atoms with Crippen molar-refractivity contribution in [3.63, 3.8) is 0 Å². The Bertz CT molecular complexity index is 230. The van der Waals surface area contributed by atoms with Crippen LogP contribution in [-0.4, -0.2) is 11.2 Å². The summed E-state index contributed by atoms with van der Waals surface area (Å²) in [5.74, 6) is 0.297. The Labute approximate surface area is 80.4 Å². The molecule has 0 heterocycles. The zero-order chi connectivity index (χ0) is 9.68. The summed E-state index contributed by atoms with van der Waals surface area (Å²) in [5, 5.41) is 9.77. The van der Waals surface area contributed by atoms with E-state index in [9.17, 15) is 5.11 Å². The molecule has 0 saturated heterocycles. The Balaban J connectivity index is 2.78. The predicted octanol–water partition coefficient (Wildman–Crippen LogP) is 2.95. The Kier molecular flexibility index (Phi) is 3.97. The number of aliphatic hydroxyl groups is 1. The van der Waals surface area contributed by atoms with E-state index in [1.807, 2.05) is 25.1 Å². The van der Waals surface area contributed by atoms with Crippen LogP contribution in [0.4, 0.5) is 0 Å². The first-order valence-corrected chi connectivity index (χ1v) is 5.02. The molecule has 0 bridgehead atoms. The van der Waals surface area contributed by atoms with Crippen LogP contribution in [0.15, 0.2) is 30.3 Å². The van der Waals surface area contributed by atoms with Gasteiger partial charge in [0, 0.05) is 5.92 Å². The van der Waals surface area contributed by atoms with E-state index in [1.165, 1.54) is 5.56 Å². The summed E-state index contributed by atoms with van der Waals surface area (Å²) >= 11 is 0. The van der Waals surface area contributed by atoms with Crippen LogP contribution in [0.3, 0.4) is 0 Å². The Morgan fingerprint density at radius 1 is 1.08 bits per heavy atom. The van der Waals surface area contributed by atoms with Crippen molar-refractivity contribution in [3.05, 3.63) is 35.9 Å². The summed E-state index contributed by atoms with van der Waals surface area (Å²) in [6.45, 7) is 4.15. The lowest BCUT2D eigenvalue weighted by Gasteiger charge is -2.20. The van der Waals surface area contributed by atoms with Gasteiger partial charge in [-0.3, -0.25) is 0 Å². The quantitative estimate of drug-likeness (QED) is 0.751. The zero-order valence-electron chi connectivity index (χ0n) is 8.40. The van der Waals surface area contributed by atoms with Crippen LogP contribution in [0, 0.1) is 0 Å². The Morgan fingerprint density at radius 2 is 1.69 bits per heavy atom. The van der Waals surface area contributed by atoms with Gasteiger partial charge in [-0.15, -0.1) is 0 Å². The predicted molar refractivity (Wildman–Crippen MR) is 55.8 cm³/mol. The first-order valence-electron chi connectivity index (χ1n) is 5.02. The lowest BCUT2D eigenvalue weighted by Crippen LogP contribution is -2.16. The van der Waals surface area contributed by atoms with Gasteiger partial charge in [0.15, 0.2) is 0 Å². The number of hydrogen-bond acceptors (Lipinski definition) is 1. The van der Waals surface area contributed by atoms with Gasteiger partial charge in [0.1, 0.15) is 0 Å². The first kappa shape index (κ1) is 10.3. The minimum atomic E-state index is -0.201. The van der Waals surface area contributed by atoms with Gasteiger partial charge >= 0.3 is 0 Å². The molecule has 1 aromatic rings. The van der Waals surface area contributed by atoms with E-state index in [1.54, 1.807) is 0 Å². The smallest absolute Gasteiger partial charge is 0.0606 e. The van der Waals surface area contributed by atoms with Crippen LogP contribution in [-0.2, 0) is 0 Å². The van der Waals surface area contributed by atoms with Gasteiger partial charge in [-0.2, -0.15) is 0 Å². The number of rotatable bonds is 4. The monoisotopic (exact) mass is 178 g/mol. The SMILES string of the molecule is CC[C@@H](O)[C@@H](CC)c1ccccc1. The molecular weight excluding hydrogens is 160 g/mol. The van der Waals surface area contributed by atoms with Crippen molar-refractivity contribution in [2.75, 3.05) is 0 Å². The van der Waals surface area contributed by atoms with Crippen LogP contribution < -0.4 is 0 Å². The van der Waals surface area contributed by atoms with Crippen molar-refractivity contribution in [3.8, 4) is 0 Å². The molecule has 1 nitrogen and oxygen atoms in total. The van der Waals surface area contributed by atoms with Crippen molar-refractivity contribution >= 4 is 0 Å². The normalized spacial score (nSPS) is 15.3.